The highest BCUT2D eigenvalue weighted by Crippen LogP contribution is 2.22. The summed E-state index contributed by atoms with van der Waals surface area (Å²) in [6.07, 6.45) is -0.0611. The van der Waals surface area contributed by atoms with Gasteiger partial charge in [-0.2, -0.15) is 0 Å². The zero-order valence-corrected chi connectivity index (χ0v) is 17.2. The Bertz CT molecular complexity index is 865. The molecule has 0 saturated carbocycles. The molecule has 1 N–H and O–H groups in total. The molecule has 140 valence electrons. The van der Waals surface area contributed by atoms with Crippen molar-refractivity contribution in [3.05, 3.63) is 56.7 Å². The fourth-order valence-corrected chi connectivity index (χ4v) is 4.83. The molecule has 1 heterocycles. The van der Waals surface area contributed by atoms with Crippen molar-refractivity contribution >= 4 is 49.0 Å². The van der Waals surface area contributed by atoms with Crippen molar-refractivity contribution in [2.75, 3.05) is 12.9 Å². The van der Waals surface area contributed by atoms with Crippen LogP contribution in [0.3, 0.4) is 0 Å². The van der Waals surface area contributed by atoms with E-state index in [2.05, 4.69) is 26.0 Å². The molecule has 1 amide bonds. The van der Waals surface area contributed by atoms with E-state index in [1.807, 2.05) is 5.38 Å². The number of sulfone groups is 1. The monoisotopic (exact) mass is 459 g/mol. The first-order valence-corrected chi connectivity index (χ1v) is 11.1. The number of esters is 1. The van der Waals surface area contributed by atoms with Crippen LogP contribution in [0.2, 0.25) is 0 Å². The first kappa shape index (κ1) is 20.6. The number of methoxy groups -OCH3 is 1. The van der Waals surface area contributed by atoms with Crippen LogP contribution in [0.4, 0.5) is 0 Å². The average Bonchev–Trinajstić information content (AvgIpc) is 3.07. The van der Waals surface area contributed by atoms with Crippen molar-refractivity contribution in [1.82, 2.24) is 5.32 Å². The molecular formula is C17H18BrNO5S2. The van der Waals surface area contributed by atoms with Crippen molar-refractivity contribution in [1.29, 1.82) is 0 Å². The van der Waals surface area contributed by atoms with Gasteiger partial charge in [0, 0.05) is 9.35 Å². The highest BCUT2D eigenvalue weighted by Gasteiger charge is 2.23. The van der Waals surface area contributed by atoms with Crippen LogP contribution in [0.15, 0.2) is 46.3 Å². The molecule has 0 aliphatic heterocycles. The van der Waals surface area contributed by atoms with Gasteiger partial charge in [-0.3, -0.25) is 9.59 Å². The van der Waals surface area contributed by atoms with Gasteiger partial charge in [0.25, 0.3) is 0 Å². The fraction of sp³-hybridized carbons (Fsp3) is 0.294. The fourth-order valence-electron chi connectivity index (χ4n) is 2.33. The topological polar surface area (TPSA) is 89.5 Å². The lowest BCUT2D eigenvalue weighted by Crippen LogP contribution is -2.34. The molecule has 0 bridgehead atoms. The first-order chi connectivity index (χ1) is 12.3. The molecule has 0 saturated heterocycles. The standard InChI is InChI=1S/C17H18BrNO5S2/c1-24-17(21)9-14(15-6-3-7-25-15)19-16(20)11-26(22,23)10-12-4-2-5-13(18)8-12/h2-8,14H,9-11H2,1H3,(H,19,20). The van der Waals surface area contributed by atoms with Crippen LogP contribution < -0.4 is 5.32 Å². The van der Waals surface area contributed by atoms with E-state index in [4.69, 9.17) is 0 Å². The van der Waals surface area contributed by atoms with Crippen molar-refractivity contribution in [3.63, 3.8) is 0 Å². The number of hydrogen-bond acceptors (Lipinski definition) is 6. The number of ether oxygens (including phenoxy) is 1. The molecule has 0 aliphatic rings. The van der Waals surface area contributed by atoms with Crippen molar-refractivity contribution in [2.45, 2.75) is 18.2 Å². The van der Waals surface area contributed by atoms with Crippen LogP contribution in [0, 0.1) is 0 Å². The Morgan fingerprint density at radius 1 is 1.27 bits per heavy atom. The summed E-state index contributed by atoms with van der Waals surface area (Å²) in [5.41, 5.74) is 0.594. The molecule has 0 aliphatic carbocycles. The van der Waals surface area contributed by atoms with E-state index in [1.54, 1.807) is 36.4 Å². The summed E-state index contributed by atoms with van der Waals surface area (Å²) in [5, 5.41) is 4.44. The summed E-state index contributed by atoms with van der Waals surface area (Å²) in [4.78, 5) is 24.6. The van der Waals surface area contributed by atoms with E-state index < -0.39 is 33.5 Å². The normalized spacial score (nSPS) is 12.4. The third kappa shape index (κ3) is 6.54. The van der Waals surface area contributed by atoms with E-state index in [-0.39, 0.29) is 12.2 Å². The molecule has 9 heteroatoms. The number of carbonyl (C=O) groups excluding carboxylic acids is 2. The molecular weight excluding hydrogens is 442 g/mol. The molecule has 1 aromatic heterocycles. The van der Waals surface area contributed by atoms with Gasteiger partial charge in [0.05, 0.1) is 25.3 Å². The summed E-state index contributed by atoms with van der Waals surface area (Å²) in [6, 6.07) is 9.86. The second-order valence-corrected chi connectivity index (χ2v) is 9.54. The summed E-state index contributed by atoms with van der Waals surface area (Å²) < 4.78 is 30.0. The van der Waals surface area contributed by atoms with E-state index in [0.29, 0.717) is 5.56 Å². The van der Waals surface area contributed by atoms with E-state index in [9.17, 15) is 18.0 Å². The lowest BCUT2D eigenvalue weighted by molar-refractivity contribution is -0.141. The Balaban J connectivity index is 2.03. The number of nitrogens with one attached hydrogen (secondary N) is 1. The maximum Gasteiger partial charge on any atom is 0.307 e. The summed E-state index contributed by atoms with van der Waals surface area (Å²) in [6.45, 7) is 0. The quantitative estimate of drug-likeness (QED) is 0.612. The molecule has 6 nitrogen and oxygen atoms in total. The van der Waals surface area contributed by atoms with Gasteiger partial charge in [0.1, 0.15) is 5.75 Å². The smallest absolute Gasteiger partial charge is 0.307 e. The Labute approximate surface area is 164 Å². The molecule has 0 spiro atoms. The van der Waals surface area contributed by atoms with Crippen molar-refractivity contribution in [2.24, 2.45) is 0 Å². The maximum atomic E-state index is 12.3. The minimum Gasteiger partial charge on any atom is -0.469 e. The molecule has 1 unspecified atom stereocenters. The van der Waals surface area contributed by atoms with Gasteiger partial charge in [-0.25, -0.2) is 8.42 Å². The largest absolute Gasteiger partial charge is 0.469 e. The lowest BCUT2D eigenvalue weighted by Gasteiger charge is -2.16. The lowest BCUT2D eigenvalue weighted by atomic mass is 10.1. The SMILES string of the molecule is COC(=O)CC(NC(=O)CS(=O)(=O)Cc1cccc(Br)c1)c1cccs1. The average molecular weight is 460 g/mol. The Hall–Kier alpha value is -1.71. The molecule has 2 aromatic rings. The van der Waals surface area contributed by atoms with Crippen LogP contribution in [0.5, 0.6) is 0 Å². The molecule has 1 atom stereocenters. The van der Waals surface area contributed by atoms with Gasteiger partial charge < -0.3 is 10.1 Å². The van der Waals surface area contributed by atoms with Gasteiger partial charge in [-0.05, 0) is 29.1 Å². The second kappa shape index (κ2) is 9.29. The Morgan fingerprint density at radius 3 is 2.65 bits per heavy atom. The Morgan fingerprint density at radius 2 is 2.04 bits per heavy atom. The van der Waals surface area contributed by atoms with Crippen LogP contribution in [-0.4, -0.2) is 33.2 Å². The first-order valence-electron chi connectivity index (χ1n) is 7.63. The minimum absolute atomic E-state index is 0.0611. The molecule has 0 radical (unpaired) electrons. The number of thiophene rings is 1. The number of hydrogen-bond donors (Lipinski definition) is 1. The molecule has 26 heavy (non-hydrogen) atoms. The number of amides is 1. The Kier molecular flexibility index (Phi) is 7.36. The third-order valence-electron chi connectivity index (χ3n) is 3.45. The zero-order chi connectivity index (χ0) is 19.2. The maximum absolute atomic E-state index is 12.3. The van der Waals surface area contributed by atoms with Gasteiger partial charge in [0.15, 0.2) is 9.84 Å². The second-order valence-electron chi connectivity index (χ2n) is 5.58. The zero-order valence-electron chi connectivity index (χ0n) is 14.0. The van der Waals surface area contributed by atoms with Gasteiger partial charge in [-0.15, -0.1) is 11.3 Å². The number of rotatable bonds is 8. The predicted molar refractivity (Wildman–Crippen MR) is 103 cm³/mol. The van der Waals surface area contributed by atoms with Crippen LogP contribution in [-0.2, 0) is 29.9 Å². The highest BCUT2D eigenvalue weighted by molar-refractivity contribution is 9.10. The summed E-state index contributed by atoms with van der Waals surface area (Å²) >= 11 is 4.66. The molecule has 2 rings (SSSR count). The van der Waals surface area contributed by atoms with Crippen LogP contribution in [0.25, 0.3) is 0 Å². The summed E-state index contributed by atoms with van der Waals surface area (Å²) in [5.74, 6) is -2.02. The molecule has 1 aromatic carbocycles. The van der Waals surface area contributed by atoms with Crippen LogP contribution in [0.1, 0.15) is 22.9 Å². The summed E-state index contributed by atoms with van der Waals surface area (Å²) in [7, 11) is -2.38. The van der Waals surface area contributed by atoms with Crippen molar-refractivity contribution < 1.29 is 22.7 Å². The van der Waals surface area contributed by atoms with Gasteiger partial charge in [0.2, 0.25) is 5.91 Å². The number of benzene rings is 1. The number of carbonyl (C=O) groups is 2. The third-order valence-corrected chi connectivity index (χ3v) is 6.40. The van der Waals surface area contributed by atoms with Gasteiger partial charge in [-0.1, -0.05) is 34.1 Å². The predicted octanol–water partition coefficient (Wildman–Crippen LogP) is 2.85. The highest BCUT2D eigenvalue weighted by atomic mass is 79.9. The van der Waals surface area contributed by atoms with E-state index >= 15 is 0 Å². The minimum atomic E-state index is -3.64. The molecule has 0 fully saturated rings. The van der Waals surface area contributed by atoms with E-state index in [0.717, 1.165) is 9.35 Å². The van der Waals surface area contributed by atoms with Gasteiger partial charge >= 0.3 is 5.97 Å². The van der Waals surface area contributed by atoms with E-state index in [1.165, 1.54) is 18.4 Å². The van der Waals surface area contributed by atoms with Crippen LogP contribution >= 0.6 is 27.3 Å². The number of halogens is 1. The van der Waals surface area contributed by atoms with Crippen molar-refractivity contribution in [3.8, 4) is 0 Å².